The van der Waals surface area contributed by atoms with Crippen molar-refractivity contribution < 1.29 is 14.3 Å². The van der Waals surface area contributed by atoms with Gasteiger partial charge >= 0.3 is 0 Å². The van der Waals surface area contributed by atoms with Crippen LogP contribution in [0.2, 0.25) is 0 Å². The molecule has 1 heterocycles. The molecule has 25 heavy (non-hydrogen) atoms. The predicted octanol–water partition coefficient (Wildman–Crippen LogP) is 1.89. The molecule has 0 bridgehead atoms. The van der Waals surface area contributed by atoms with Gasteiger partial charge in [0.2, 0.25) is 0 Å². The Labute approximate surface area is 150 Å². The molecule has 1 aromatic carbocycles. The monoisotopic (exact) mass is 349 g/mol. The number of piperazine rings is 1. The third-order valence-electron chi connectivity index (χ3n) is 4.48. The molecule has 0 aliphatic carbocycles. The number of carbonyl (C=O) groups excluding carboxylic acids is 1. The molecule has 6 heteroatoms. The first-order valence-electron chi connectivity index (χ1n) is 8.91. The van der Waals surface area contributed by atoms with Crippen LogP contribution in [0.15, 0.2) is 18.2 Å². The molecule has 0 spiro atoms. The number of hydrogen-bond donors (Lipinski definition) is 1. The molecule has 0 unspecified atom stereocenters. The fourth-order valence-corrected chi connectivity index (χ4v) is 3.06. The maximum absolute atomic E-state index is 11.1. The number of rotatable bonds is 9. The summed E-state index contributed by atoms with van der Waals surface area (Å²) in [5.41, 5.74) is 6.21. The van der Waals surface area contributed by atoms with E-state index >= 15 is 0 Å². The van der Waals surface area contributed by atoms with Crippen LogP contribution in [0.4, 0.5) is 5.69 Å². The summed E-state index contributed by atoms with van der Waals surface area (Å²) < 4.78 is 11.1. The SMILES string of the molecule is COc1ccc(N)cc1OCCCN1CCN(CC(C)(C)C=O)CC1. The smallest absolute Gasteiger partial charge is 0.163 e. The Morgan fingerprint density at radius 2 is 1.84 bits per heavy atom. The Kier molecular flexibility index (Phi) is 7.08. The minimum Gasteiger partial charge on any atom is -0.493 e. The van der Waals surface area contributed by atoms with Crippen LogP contribution < -0.4 is 15.2 Å². The van der Waals surface area contributed by atoms with Gasteiger partial charge in [0, 0.05) is 56.4 Å². The first kappa shape index (κ1) is 19.5. The van der Waals surface area contributed by atoms with Crippen molar-refractivity contribution in [1.29, 1.82) is 0 Å². The van der Waals surface area contributed by atoms with Crippen LogP contribution in [-0.4, -0.2) is 69.1 Å². The number of benzene rings is 1. The number of carbonyl (C=O) groups is 1. The van der Waals surface area contributed by atoms with Crippen LogP contribution in [0.25, 0.3) is 0 Å². The quantitative estimate of drug-likeness (QED) is 0.417. The van der Waals surface area contributed by atoms with Crippen molar-refractivity contribution in [3.05, 3.63) is 18.2 Å². The van der Waals surface area contributed by atoms with Gasteiger partial charge in [0.15, 0.2) is 11.5 Å². The highest BCUT2D eigenvalue weighted by molar-refractivity contribution is 5.58. The van der Waals surface area contributed by atoms with E-state index in [1.165, 1.54) is 0 Å². The summed E-state index contributed by atoms with van der Waals surface area (Å²) in [6, 6.07) is 5.42. The maximum Gasteiger partial charge on any atom is 0.163 e. The van der Waals surface area contributed by atoms with Crippen LogP contribution in [0, 0.1) is 5.41 Å². The number of nitrogens with two attached hydrogens (primary N) is 1. The molecule has 0 atom stereocenters. The minimum absolute atomic E-state index is 0.257. The summed E-state index contributed by atoms with van der Waals surface area (Å²) in [7, 11) is 1.63. The Morgan fingerprint density at radius 3 is 2.48 bits per heavy atom. The number of anilines is 1. The van der Waals surface area contributed by atoms with E-state index in [0.29, 0.717) is 23.8 Å². The molecular formula is C19H31N3O3. The van der Waals surface area contributed by atoms with Gasteiger partial charge in [0.1, 0.15) is 6.29 Å². The fraction of sp³-hybridized carbons (Fsp3) is 0.632. The molecule has 1 aliphatic rings. The maximum atomic E-state index is 11.1. The largest absolute Gasteiger partial charge is 0.493 e. The van der Waals surface area contributed by atoms with Gasteiger partial charge in [-0.1, -0.05) is 13.8 Å². The van der Waals surface area contributed by atoms with Gasteiger partial charge in [-0.3, -0.25) is 4.90 Å². The summed E-state index contributed by atoms with van der Waals surface area (Å²) in [5.74, 6) is 1.41. The third kappa shape index (κ3) is 6.21. The summed E-state index contributed by atoms with van der Waals surface area (Å²) in [6.45, 7) is 10.6. The van der Waals surface area contributed by atoms with Crippen LogP contribution in [-0.2, 0) is 4.79 Å². The average Bonchev–Trinajstić information content (AvgIpc) is 2.60. The number of nitrogen functional groups attached to an aromatic ring is 1. The van der Waals surface area contributed by atoms with E-state index in [4.69, 9.17) is 15.2 Å². The summed E-state index contributed by atoms with van der Waals surface area (Å²) in [4.78, 5) is 15.9. The lowest BCUT2D eigenvalue weighted by molar-refractivity contribution is -0.115. The third-order valence-corrected chi connectivity index (χ3v) is 4.48. The molecule has 6 nitrogen and oxygen atoms in total. The van der Waals surface area contributed by atoms with Gasteiger partial charge in [0.05, 0.1) is 13.7 Å². The topological polar surface area (TPSA) is 68.0 Å². The van der Waals surface area contributed by atoms with E-state index in [2.05, 4.69) is 9.80 Å². The van der Waals surface area contributed by atoms with Crippen LogP contribution in [0.3, 0.4) is 0 Å². The van der Waals surface area contributed by atoms with Gasteiger partial charge in [-0.25, -0.2) is 0 Å². The predicted molar refractivity (Wildman–Crippen MR) is 100 cm³/mol. The van der Waals surface area contributed by atoms with Crippen molar-refractivity contribution in [1.82, 2.24) is 9.80 Å². The molecule has 1 fully saturated rings. The highest BCUT2D eigenvalue weighted by Crippen LogP contribution is 2.29. The normalized spacial score (nSPS) is 16.6. The van der Waals surface area contributed by atoms with Gasteiger partial charge in [-0.15, -0.1) is 0 Å². The second-order valence-corrected chi connectivity index (χ2v) is 7.34. The average molecular weight is 349 g/mol. The van der Waals surface area contributed by atoms with Crippen molar-refractivity contribution in [2.75, 3.05) is 58.7 Å². The minimum atomic E-state index is -0.257. The van der Waals surface area contributed by atoms with Gasteiger partial charge in [0.25, 0.3) is 0 Å². The van der Waals surface area contributed by atoms with Crippen molar-refractivity contribution in [3.8, 4) is 11.5 Å². The fourth-order valence-electron chi connectivity index (χ4n) is 3.06. The van der Waals surface area contributed by atoms with Gasteiger partial charge in [-0.2, -0.15) is 0 Å². The summed E-state index contributed by atoms with van der Waals surface area (Å²) in [5, 5.41) is 0. The standard InChI is InChI=1S/C19H31N3O3/c1-19(2,15-23)14-22-10-8-21(9-11-22)7-4-12-25-18-13-16(20)5-6-17(18)24-3/h5-6,13,15H,4,7-12,14,20H2,1-3H3. The molecule has 0 amide bonds. The van der Waals surface area contributed by atoms with Crippen LogP contribution in [0.1, 0.15) is 20.3 Å². The molecule has 0 radical (unpaired) electrons. The molecule has 140 valence electrons. The van der Waals surface area contributed by atoms with E-state index in [9.17, 15) is 4.79 Å². The Morgan fingerprint density at radius 1 is 1.16 bits per heavy atom. The molecule has 0 saturated carbocycles. The van der Waals surface area contributed by atoms with Crippen LogP contribution >= 0.6 is 0 Å². The van der Waals surface area contributed by atoms with E-state index in [0.717, 1.165) is 52.0 Å². The van der Waals surface area contributed by atoms with E-state index in [-0.39, 0.29) is 5.41 Å². The first-order valence-corrected chi connectivity index (χ1v) is 8.91. The zero-order valence-electron chi connectivity index (χ0n) is 15.7. The second-order valence-electron chi connectivity index (χ2n) is 7.34. The highest BCUT2D eigenvalue weighted by atomic mass is 16.5. The Balaban J connectivity index is 1.67. The molecular weight excluding hydrogens is 318 g/mol. The summed E-state index contributed by atoms with van der Waals surface area (Å²) in [6.07, 6.45) is 2.01. The molecule has 2 rings (SSSR count). The van der Waals surface area contributed by atoms with Crippen molar-refractivity contribution >= 4 is 12.0 Å². The Hall–Kier alpha value is -1.79. The highest BCUT2D eigenvalue weighted by Gasteiger charge is 2.24. The lowest BCUT2D eigenvalue weighted by Gasteiger charge is -2.37. The molecule has 1 aliphatic heterocycles. The van der Waals surface area contributed by atoms with Gasteiger partial charge < -0.3 is 24.9 Å². The number of methoxy groups -OCH3 is 1. The van der Waals surface area contributed by atoms with Crippen LogP contribution in [0.5, 0.6) is 11.5 Å². The lowest BCUT2D eigenvalue weighted by atomic mass is 9.95. The molecule has 1 saturated heterocycles. The number of hydrogen-bond acceptors (Lipinski definition) is 6. The zero-order valence-corrected chi connectivity index (χ0v) is 15.7. The van der Waals surface area contributed by atoms with Crippen molar-refractivity contribution in [2.45, 2.75) is 20.3 Å². The van der Waals surface area contributed by atoms with Crippen molar-refractivity contribution in [2.24, 2.45) is 5.41 Å². The molecule has 2 N–H and O–H groups in total. The van der Waals surface area contributed by atoms with Crippen molar-refractivity contribution in [3.63, 3.8) is 0 Å². The number of nitrogens with zero attached hydrogens (tertiary/aromatic N) is 2. The zero-order chi connectivity index (χ0) is 18.3. The Bertz CT molecular complexity index is 555. The second kappa shape index (κ2) is 9.06. The number of ether oxygens (including phenoxy) is 2. The molecule has 1 aromatic rings. The molecule has 0 aromatic heterocycles. The van der Waals surface area contributed by atoms with E-state index in [1.807, 2.05) is 19.9 Å². The van der Waals surface area contributed by atoms with E-state index < -0.39 is 0 Å². The first-order chi connectivity index (χ1) is 11.9. The lowest BCUT2D eigenvalue weighted by Crippen LogP contribution is -2.49. The number of aldehydes is 1. The summed E-state index contributed by atoms with van der Waals surface area (Å²) >= 11 is 0. The van der Waals surface area contributed by atoms with E-state index in [1.54, 1.807) is 19.2 Å². The van der Waals surface area contributed by atoms with Gasteiger partial charge in [-0.05, 0) is 18.6 Å².